The van der Waals surface area contributed by atoms with Gasteiger partial charge in [0.15, 0.2) is 6.10 Å². The van der Waals surface area contributed by atoms with E-state index in [4.69, 9.17) is 18.8 Å². The molecule has 0 bridgehead atoms. The fraction of sp³-hybridized carbons (Fsp3) is 0.500. The minimum Gasteiger partial charge on any atom is -0.481 e. The van der Waals surface area contributed by atoms with Crippen LogP contribution in [-0.4, -0.2) is 48.6 Å². The highest BCUT2D eigenvalue weighted by Gasteiger charge is 2.52. The molecule has 12 heteroatoms. The Hall–Kier alpha value is -2.86. The molecule has 36 heavy (non-hydrogen) atoms. The van der Waals surface area contributed by atoms with E-state index in [9.17, 15) is 22.4 Å². The summed E-state index contributed by atoms with van der Waals surface area (Å²) in [7, 11) is 0.410. The number of methoxy groups -OCH3 is 1. The number of hydrogen-bond donors (Lipinski definition) is 1. The summed E-state index contributed by atoms with van der Waals surface area (Å²) >= 11 is 0. The van der Waals surface area contributed by atoms with Gasteiger partial charge in [-0.3, -0.25) is 4.79 Å². The number of alkyl halides is 3. The van der Waals surface area contributed by atoms with Gasteiger partial charge in [-0.15, -0.1) is 0 Å². The lowest BCUT2D eigenvalue weighted by atomic mass is 9.78. The van der Waals surface area contributed by atoms with E-state index in [1.165, 1.54) is 32.2 Å². The van der Waals surface area contributed by atoms with Gasteiger partial charge in [0.05, 0.1) is 29.6 Å². The maximum Gasteiger partial charge on any atom is 0.494 e. The van der Waals surface area contributed by atoms with Crippen LogP contribution in [0.2, 0.25) is 0 Å². The van der Waals surface area contributed by atoms with E-state index >= 15 is 0 Å². The summed E-state index contributed by atoms with van der Waals surface area (Å²) in [6, 6.07) is 4.11. The molecule has 1 aromatic carbocycles. The number of ether oxygens (including phenoxy) is 2. The lowest BCUT2D eigenvalue weighted by Crippen LogP contribution is -2.41. The second-order valence-electron chi connectivity index (χ2n) is 9.64. The first kappa shape index (κ1) is 27.7. The Kier molecular flexibility index (Phi) is 7.35. The van der Waals surface area contributed by atoms with Crippen LogP contribution in [0.1, 0.15) is 56.1 Å². The van der Waals surface area contributed by atoms with Gasteiger partial charge in [0.2, 0.25) is 11.8 Å². The monoisotopic (exact) mass is 512 g/mol. The molecule has 0 spiro atoms. The van der Waals surface area contributed by atoms with Gasteiger partial charge in [0.25, 0.3) is 5.91 Å². The third kappa shape index (κ3) is 5.29. The topological polar surface area (TPSA) is 78.9 Å². The van der Waals surface area contributed by atoms with Crippen molar-refractivity contribution in [3.05, 3.63) is 40.8 Å². The maximum atomic E-state index is 14.3. The molecule has 1 aliphatic rings. The fourth-order valence-electron chi connectivity index (χ4n) is 3.52. The van der Waals surface area contributed by atoms with Gasteiger partial charge in [-0.25, -0.2) is 0 Å². The standard InChI is InChI=1S/C24H29BF4N2O5/c1-12-18(13(2)21(33-8)31-19(12)26)30-20(32)16-10-9-15(11-17(16)34-14(3)24(27,28)29)25-35-22(4,5)23(6,7)36-25/h9-11,14H,1-8H3,(H,30,31,32)/t14-/m0/s1. The van der Waals surface area contributed by atoms with Crippen LogP contribution in [-0.2, 0) is 9.31 Å². The zero-order valence-electron chi connectivity index (χ0n) is 21.4. The lowest BCUT2D eigenvalue weighted by Gasteiger charge is -2.32. The molecule has 0 aliphatic carbocycles. The quantitative estimate of drug-likeness (QED) is 0.343. The summed E-state index contributed by atoms with van der Waals surface area (Å²) in [5.74, 6) is -2.03. The number of carbonyl (C=O) groups excluding carboxylic acids is 1. The summed E-state index contributed by atoms with van der Waals surface area (Å²) in [5.41, 5.74) is -0.707. The first-order valence-electron chi connectivity index (χ1n) is 11.2. The molecule has 1 amide bonds. The minimum absolute atomic E-state index is 0.0355. The van der Waals surface area contributed by atoms with Gasteiger partial charge in [0, 0.05) is 11.1 Å². The third-order valence-electron chi connectivity index (χ3n) is 6.55. The number of halogens is 4. The Balaban J connectivity index is 2.03. The summed E-state index contributed by atoms with van der Waals surface area (Å²) in [6.45, 7) is 11.2. The number of pyridine rings is 1. The number of benzene rings is 1. The summed E-state index contributed by atoms with van der Waals surface area (Å²) in [6.07, 6.45) is -6.89. The van der Waals surface area contributed by atoms with Crippen LogP contribution in [0, 0.1) is 19.8 Å². The molecular formula is C24H29BF4N2O5. The number of hydrogen-bond acceptors (Lipinski definition) is 6. The van der Waals surface area contributed by atoms with Crippen molar-refractivity contribution in [2.75, 3.05) is 12.4 Å². The molecule has 1 fully saturated rings. The molecule has 1 atom stereocenters. The Morgan fingerprint density at radius 1 is 1.11 bits per heavy atom. The van der Waals surface area contributed by atoms with Crippen molar-refractivity contribution in [2.24, 2.45) is 0 Å². The van der Waals surface area contributed by atoms with Crippen molar-refractivity contribution in [1.82, 2.24) is 4.98 Å². The second kappa shape index (κ2) is 9.55. The van der Waals surface area contributed by atoms with Crippen molar-refractivity contribution < 1.29 is 41.1 Å². The number of rotatable bonds is 6. The molecule has 0 unspecified atom stereocenters. The van der Waals surface area contributed by atoms with E-state index in [0.29, 0.717) is 11.0 Å². The number of nitrogens with zero attached hydrogens (tertiary/aromatic N) is 1. The van der Waals surface area contributed by atoms with Gasteiger partial charge in [-0.2, -0.15) is 22.5 Å². The lowest BCUT2D eigenvalue weighted by molar-refractivity contribution is -0.189. The van der Waals surface area contributed by atoms with E-state index in [1.54, 1.807) is 6.92 Å². The van der Waals surface area contributed by atoms with Crippen molar-refractivity contribution in [1.29, 1.82) is 0 Å². The van der Waals surface area contributed by atoms with Crippen LogP contribution in [0.5, 0.6) is 11.6 Å². The summed E-state index contributed by atoms with van der Waals surface area (Å²) in [4.78, 5) is 16.9. The van der Waals surface area contributed by atoms with Crippen molar-refractivity contribution in [3.63, 3.8) is 0 Å². The summed E-state index contributed by atoms with van der Waals surface area (Å²) < 4.78 is 76.4. The molecule has 196 valence electrons. The van der Waals surface area contributed by atoms with Crippen LogP contribution in [0.15, 0.2) is 18.2 Å². The molecule has 7 nitrogen and oxygen atoms in total. The number of nitrogens with one attached hydrogen (secondary N) is 1. The third-order valence-corrected chi connectivity index (χ3v) is 6.55. The predicted molar refractivity (Wildman–Crippen MR) is 126 cm³/mol. The van der Waals surface area contributed by atoms with E-state index < -0.39 is 42.5 Å². The van der Waals surface area contributed by atoms with Crippen LogP contribution in [0.25, 0.3) is 0 Å². The van der Waals surface area contributed by atoms with Gasteiger partial charge in [0.1, 0.15) is 5.75 Å². The molecule has 3 rings (SSSR count). The highest BCUT2D eigenvalue weighted by molar-refractivity contribution is 6.62. The first-order chi connectivity index (χ1) is 16.5. The molecule has 1 N–H and O–H groups in total. The summed E-state index contributed by atoms with van der Waals surface area (Å²) in [5, 5.41) is 2.56. The van der Waals surface area contributed by atoms with Crippen molar-refractivity contribution in [2.45, 2.75) is 71.9 Å². The van der Waals surface area contributed by atoms with E-state index in [0.717, 1.165) is 6.92 Å². The first-order valence-corrected chi connectivity index (χ1v) is 11.2. The normalized spacial score (nSPS) is 17.6. The Labute approximate surface area is 207 Å². The molecule has 2 aromatic rings. The van der Waals surface area contributed by atoms with Crippen molar-refractivity contribution in [3.8, 4) is 11.6 Å². The van der Waals surface area contributed by atoms with E-state index in [1.807, 2.05) is 27.7 Å². The molecular weight excluding hydrogens is 483 g/mol. The number of anilines is 1. The van der Waals surface area contributed by atoms with Crippen LogP contribution < -0.4 is 20.3 Å². The molecule has 0 saturated carbocycles. The zero-order chi connectivity index (χ0) is 27.2. The number of amides is 1. The number of carbonyl (C=O) groups is 1. The van der Waals surface area contributed by atoms with E-state index in [2.05, 4.69) is 10.3 Å². The van der Waals surface area contributed by atoms with E-state index in [-0.39, 0.29) is 28.4 Å². The van der Waals surface area contributed by atoms with Crippen LogP contribution in [0.3, 0.4) is 0 Å². The second-order valence-corrected chi connectivity index (χ2v) is 9.64. The number of aromatic nitrogens is 1. The highest BCUT2D eigenvalue weighted by atomic mass is 19.4. The van der Waals surface area contributed by atoms with Gasteiger partial charge < -0.3 is 24.1 Å². The predicted octanol–water partition coefficient (Wildman–Crippen LogP) is 4.73. The van der Waals surface area contributed by atoms with Gasteiger partial charge in [-0.1, -0.05) is 6.07 Å². The zero-order valence-corrected chi connectivity index (χ0v) is 21.4. The van der Waals surface area contributed by atoms with Crippen LogP contribution >= 0.6 is 0 Å². The Morgan fingerprint density at radius 2 is 1.69 bits per heavy atom. The molecule has 1 aromatic heterocycles. The van der Waals surface area contributed by atoms with Gasteiger partial charge >= 0.3 is 13.3 Å². The molecule has 2 heterocycles. The molecule has 1 aliphatic heterocycles. The molecule has 0 radical (unpaired) electrons. The SMILES string of the molecule is COc1nc(F)c(C)c(NC(=O)c2ccc(B3OC(C)(C)C(C)(C)O3)cc2O[C@@H](C)C(F)(F)F)c1C. The Morgan fingerprint density at radius 3 is 2.22 bits per heavy atom. The smallest absolute Gasteiger partial charge is 0.481 e. The average Bonchev–Trinajstić information content (AvgIpc) is 2.99. The average molecular weight is 512 g/mol. The minimum atomic E-state index is -4.68. The Bertz CT molecular complexity index is 1150. The molecule has 1 saturated heterocycles. The highest BCUT2D eigenvalue weighted by Crippen LogP contribution is 2.37. The van der Waals surface area contributed by atoms with Gasteiger partial charge in [-0.05, 0) is 66.1 Å². The fourth-order valence-corrected chi connectivity index (χ4v) is 3.52. The maximum absolute atomic E-state index is 14.3. The van der Waals surface area contributed by atoms with Crippen LogP contribution in [0.4, 0.5) is 23.2 Å². The van der Waals surface area contributed by atoms with Crippen molar-refractivity contribution >= 4 is 24.2 Å². The largest absolute Gasteiger partial charge is 0.494 e.